The number of nitrogens with zero attached hydrogens (tertiary/aromatic N) is 2. The molecule has 182 valence electrons. The molecule has 4 aromatic rings. The van der Waals surface area contributed by atoms with Crippen molar-refractivity contribution in [2.24, 2.45) is 0 Å². The molecule has 0 spiro atoms. The number of rotatable bonds is 7. The maximum absolute atomic E-state index is 13.2. The molecule has 1 aromatic heterocycles. The molecule has 0 radical (unpaired) electrons. The topological polar surface area (TPSA) is 64.1 Å². The Morgan fingerprint density at radius 3 is 2.11 bits per heavy atom. The summed E-state index contributed by atoms with van der Waals surface area (Å²) in [6, 6.07) is 29.8. The maximum atomic E-state index is 13.2. The van der Waals surface area contributed by atoms with Gasteiger partial charge in [0, 0.05) is 17.5 Å². The Balaban J connectivity index is 1.39. The van der Waals surface area contributed by atoms with Gasteiger partial charge >= 0.3 is 0 Å². The molecule has 0 unspecified atom stereocenters. The first-order valence-electron chi connectivity index (χ1n) is 12.1. The molecule has 1 aliphatic heterocycles. The lowest BCUT2D eigenvalue weighted by atomic mass is 9.96. The standard InChI is InChI=1S/C30H29N3O2S/c1-30(2)18-25-24(19-35-30)29(33-28(31-25)23-16-10-5-11-17-23)36-20-26(34)32-27(21-12-6-3-7-13-21)22-14-8-4-9-15-22/h3-17,27H,18-20H2,1-2H3,(H,32,34). The van der Waals surface area contributed by atoms with Crippen LogP contribution in [0.2, 0.25) is 0 Å². The molecule has 36 heavy (non-hydrogen) atoms. The van der Waals surface area contributed by atoms with Crippen LogP contribution in [-0.4, -0.2) is 27.2 Å². The van der Waals surface area contributed by atoms with Gasteiger partial charge < -0.3 is 10.1 Å². The summed E-state index contributed by atoms with van der Waals surface area (Å²) in [4.78, 5) is 22.9. The van der Waals surface area contributed by atoms with Gasteiger partial charge in [0.25, 0.3) is 0 Å². The van der Waals surface area contributed by atoms with Crippen LogP contribution in [0.5, 0.6) is 0 Å². The summed E-state index contributed by atoms with van der Waals surface area (Å²) >= 11 is 1.44. The number of fused-ring (bicyclic) bond motifs is 1. The minimum absolute atomic E-state index is 0.0524. The molecule has 1 aliphatic rings. The van der Waals surface area contributed by atoms with E-state index in [9.17, 15) is 4.79 Å². The highest BCUT2D eigenvalue weighted by Crippen LogP contribution is 2.34. The monoisotopic (exact) mass is 495 g/mol. The maximum Gasteiger partial charge on any atom is 0.231 e. The van der Waals surface area contributed by atoms with Crippen LogP contribution in [0, 0.1) is 0 Å². The molecule has 0 saturated carbocycles. The van der Waals surface area contributed by atoms with Crippen LogP contribution in [0.3, 0.4) is 0 Å². The van der Waals surface area contributed by atoms with E-state index in [1.807, 2.05) is 91.0 Å². The average Bonchev–Trinajstić information content (AvgIpc) is 2.91. The first-order chi connectivity index (χ1) is 17.5. The van der Waals surface area contributed by atoms with E-state index in [-0.39, 0.29) is 23.3 Å². The molecule has 3 aromatic carbocycles. The lowest BCUT2D eigenvalue weighted by Crippen LogP contribution is -2.33. The third kappa shape index (κ3) is 5.66. The van der Waals surface area contributed by atoms with E-state index in [1.54, 1.807) is 0 Å². The molecule has 0 atom stereocenters. The zero-order valence-electron chi connectivity index (χ0n) is 20.5. The molecule has 0 fully saturated rings. The number of nitrogens with one attached hydrogen (secondary N) is 1. The molecule has 5 rings (SSSR count). The van der Waals surface area contributed by atoms with Gasteiger partial charge in [0.05, 0.1) is 29.7 Å². The minimum atomic E-state index is -0.285. The first-order valence-corrected chi connectivity index (χ1v) is 13.1. The minimum Gasteiger partial charge on any atom is -0.370 e. The van der Waals surface area contributed by atoms with Crippen molar-refractivity contribution in [3.63, 3.8) is 0 Å². The Bertz CT molecular complexity index is 1290. The predicted molar refractivity (Wildman–Crippen MR) is 144 cm³/mol. The third-order valence-electron chi connectivity index (χ3n) is 6.20. The van der Waals surface area contributed by atoms with Crippen molar-refractivity contribution in [1.29, 1.82) is 0 Å². The molecule has 2 heterocycles. The predicted octanol–water partition coefficient (Wildman–Crippen LogP) is 5.99. The van der Waals surface area contributed by atoms with Crippen molar-refractivity contribution in [2.45, 2.75) is 43.5 Å². The van der Waals surface area contributed by atoms with Gasteiger partial charge in [0.15, 0.2) is 5.82 Å². The fourth-order valence-electron chi connectivity index (χ4n) is 4.34. The van der Waals surface area contributed by atoms with Gasteiger partial charge in [-0.15, -0.1) is 0 Å². The highest BCUT2D eigenvalue weighted by molar-refractivity contribution is 7.99. The summed E-state index contributed by atoms with van der Waals surface area (Å²) in [5, 5.41) is 4.03. The number of aromatic nitrogens is 2. The van der Waals surface area contributed by atoms with Crippen LogP contribution in [0.15, 0.2) is 96.0 Å². The molecule has 0 saturated heterocycles. The summed E-state index contributed by atoms with van der Waals surface area (Å²) in [5.74, 6) is 0.877. The van der Waals surface area contributed by atoms with E-state index in [0.717, 1.165) is 33.0 Å². The summed E-state index contributed by atoms with van der Waals surface area (Å²) in [7, 11) is 0. The fraction of sp³-hybridized carbons (Fsp3) is 0.233. The number of thioether (sulfide) groups is 1. The lowest BCUT2D eigenvalue weighted by molar-refractivity contribution is -0.119. The summed E-state index contributed by atoms with van der Waals surface area (Å²) in [6.07, 6.45) is 0.703. The summed E-state index contributed by atoms with van der Waals surface area (Å²) in [5.41, 5.74) is 4.74. The molecule has 0 bridgehead atoms. The zero-order valence-corrected chi connectivity index (χ0v) is 21.3. The second-order valence-electron chi connectivity index (χ2n) is 9.48. The Labute approximate surface area is 216 Å². The van der Waals surface area contributed by atoms with Crippen LogP contribution in [0.1, 0.15) is 42.3 Å². The van der Waals surface area contributed by atoms with E-state index >= 15 is 0 Å². The van der Waals surface area contributed by atoms with Gasteiger partial charge in [-0.3, -0.25) is 4.79 Å². The largest absolute Gasteiger partial charge is 0.370 e. The number of ether oxygens (including phenoxy) is 1. The second kappa shape index (κ2) is 10.6. The van der Waals surface area contributed by atoms with Crippen LogP contribution < -0.4 is 5.32 Å². The molecular weight excluding hydrogens is 466 g/mol. The third-order valence-corrected chi connectivity index (χ3v) is 7.22. The van der Waals surface area contributed by atoms with Gasteiger partial charge in [-0.05, 0) is 25.0 Å². The number of hydrogen-bond donors (Lipinski definition) is 1. The number of benzene rings is 3. The van der Waals surface area contributed by atoms with Crippen LogP contribution in [-0.2, 0) is 22.6 Å². The average molecular weight is 496 g/mol. The van der Waals surface area contributed by atoms with Crippen LogP contribution in [0.25, 0.3) is 11.4 Å². The normalized spacial score (nSPS) is 14.3. The van der Waals surface area contributed by atoms with E-state index in [2.05, 4.69) is 19.2 Å². The second-order valence-corrected chi connectivity index (χ2v) is 10.4. The lowest BCUT2D eigenvalue weighted by Gasteiger charge is -2.32. The Morgan fingerprint density at radius 1 is 0.917 bits per heavy atom. The highest BCUT2D eigenvalue weighted by Gasteiger charge is 2.30. The molecule has 1 amide bonds. The number of carbonyl (C=O) groups is 1. The van der Waals surface area contributed by atoms with Gasteiger partial charge in [0.1, 0.15) is 5.03 Å². The van der Waals surface area contributed by atoms with Crippen molar-refractivity contribution in [3.8, 4) is 11.4 Å². The summed E-state index contributed by atoms with van der Waals surface area (Å²) < 4.78 is 6.07. The zero-order chi connectivity index (χ0) is 25.0. The molecule has 6 heteroatoms. The van der Waals surface area contributed by atoms with E-state index in [0.29, 0.717) is 18.9 Å². The molecule has 5 nitrogen and oxygen atoms in total. The van der Waals surface area contributed by atoms with Crippen molar-refractivity contribution in [2.75, 3.05) is 5.75 Å². The molecule has 1 N–H and O–H groups in total. The quantitative estimate of drug-likeness (QED) is 0.252. The van der Waals surface area contributed by atoms with Gasteiger partial charge in [-0.2, -0.15) is 0 Å². The van der Waals surface area contributed by atoms with E-state index < -0.39 is 0 Å². The van der Waals surface area contributed by atoms with E-state index in [1.165, 1.54) is 11.8 Å². The molecular formula is C30H29N3O2S. The van der Waals surface area contributed by atoms with Crippen molar-refractivity contribution >= 4 is 17.7 Å². The van der Waals surface area contributed by atoms with Crippen molar-refractivity contribution in [3.05, 3.63) is 113 Å². The number of amides is 1. The van der Waals surface area contributed by atoms with Crippen LogP contribution >= 0.6 is 11.8 Å². The number of carbonyl (C=O) groups excluding carboxylic acids is 1. The number of hydrogen-bond acceptors (Lipinski definition) is 5. The highest BCUT2D eigenvalue weighted by atomic mass is 32.2. The van der Waals surface area contributed by atoms with Gasteiger partial charge in [0.2, 0.25) is 5.91 Å². The van der Waals surface area contributed by atoms with E-state index in [4.69, 9.17) is 14.7 Å². The SMILES string of the molecule is CC1(C)Cc2nc(-c3ccccc3)nc(SCC(=O)NC(c3ccccc3)c3ccccc3)c2CO1. The summed E-state index contributed by atoms with van der Waals surface area (Å²) in [6.45, 7) is 4.60. The van der Waals surface area contributed by atoms with Crippen molar-refractivity contribution < 1.29 is 9.53 Å². The fourth-order valence-corrected chi connectivity index (χ4v) is 5.20. The van der Waals surface area contributed by atoms with Gasteiger partial charge in [-0.1, -0.05) is 103 Å². The molecule has 0 aliphatic carbocycles. The first kappa shape index (κ1) is 24.2. The van der Waals surface area contributed by atoms with Crippen LogP contribution in [0.4, 0.5) is 0 Å². The Hall–Kier alpha value is -3.48. The van der Waals surface area contributed by atoms with Crippen molar-refractivity contribution in [1.82, 2.24) is 15.3 Å². The Morgan fingerprint density at radius 2 is 1.50 bits per heavy atom. The Kier molecular flexibility index (Phi) is 7.16. The van der Waals surface area contributed by atoms with Gasteiger partial charge in [-0.25, -0.2) is 9.97 Å². The smallest absolute Gasteiger partial charge is 0.231 e.